The van der Waals surface area contributed by atoms with Crippen molar-refractivity contribution in [3.8, 4) is 16.9 Å². The number of halogens is 1. The lowest BCUT2D eigenvalue weighted by Crippen LogP contribution is -2.33. The lowest BCUT2D eigenvalue weighted by Gasteiger charge is -2.20. The molecule has 0 fully saturated rings. The second-order valence-corrected chi connectivity index (χ2v) is 9.69. The average molecular weight is 531 g/mol. The lowest BCUT2D eigenvalue weighted by molar-refractivity contribution is 0.257. The molecular weight excluding hydrogens is 504 g/mol. The zero-order chi connectivity index (χ0) is 24.4. The van der Waals surface area contributed by atoms with Crippen LogP contribution in [0.15, 0.2) is 77.5 Å². The van der Waals surface area contributed by atoms with Gasteiger partial charge in [0.25, 0.3) is 0 Å². The summed E-state index contributed by atoms with van der Waals surface area (Å²) in [4.78, 5) is 21.4. The second-order valence-electron chi connectivity index (χ2n) is 8.84. The Bertz CT molecular complexity index is 1370. The maximum absolute atomic E-state index is 13.4. The van der Waals surface area contributed by atoms with Crippen LogP contribution >= 0.6 is 15.9 Å². The van der Waals surface area contributed by atoms with Crippen LogP contribution in [-0.2, 0) is 6.42 Å². The van der Waals surface area contributed by atoms with Gasteiger partial charge in [-0.15, -0.1) is 0 Å². The average Bonchev–Trinajstić information content (AvgIpc) is 3.27. The van der Waals surface area contributed by atoms with E-state index in [1.807, 2.05) is 56.6 Å². The summed E-state index contributed by atoms with van der Waals surface area (Å²) in [6, 6.07) is 20.0. The molecule has 1 aliphatic heterocycles. The summed E-state index contributed by atoms with van der Waals surface area (Å²) in [6.45, 7) is 2.02. The molecule has 6 nitrogen and oxygen atoms in total. The number of hydrogen-bond donors (Lipinski definition) is 1. The van der Waals surface area contributed by atoms with Gasteiger partial charge in [-0.05, 0) is 82.8 Å². The van der Waals surface area contributed by atoms with E-state index in [4.69, 9.17) is 4.74 Å². The minimum Gasteiger partial charge on any atom is -0.491 e. The Morgan fingerprint density at radius 1 is 1.09 bits per heavy atom. The Balaban J connectivity index is 1.41. The quantitative estimate of drug-likeness (QED) is 0.322. The molecule has 4 aromatic rings. The van der Waals surface area contributed by atoms with E-state index >= 15 is 0 Å². The molecule has 1 N–H and O–H groups in total. The topological polar surface area (TPSA) is 57.7 Å². The summed E-state index contributed by atoms with van der Waals surface area (Å²) >= 11 is 3.62. The number of pyridine rings is 1. The maximum atomic E-state index is 13.4. The van der Waals surface area contributed by atoms with Crippen molar-refractivity contribution in [1.82, 2.24) is 9.88 Å². The zero-order valence-corrected chi connectivity index (χ0v) is 21.4. The molecule has 3 aromatic carbocycles. The van der Waals surface area contributed by atoms with Crippen molar-refractivity contribution < 1.29 is 9.53 Å². The summed E-state index contributed by atoms with van der Waals surface area (Å²) in [5.74, 6) is 0.748. The van der Waals surface area contributed by atoms with E-state index < -0.39 is 0 Å². The number of benzene rings is 3. The summed E-state index contributed by atoms with van der Waals surface area (Å²) in [6.07, 6.45) is 4.39. The number of anilines is 2. The first-order valence-electron chi connectivity index (χ1n) is 11.6. The third-order valence-corrected chi connectivity index (χ3v) is 6.84. The van der Waals surface area contributed by atoms with Crippen molar-refractivity contribution >= 4 is 44.1 Å². The van der Waals surface area contributed by atoms with E-state index in [0.29, 0.717) is 13.2 Å². The van der Waals surface area contributed by atoms with Crippen LogP contribution in [0, 0.1) is 0 Å². The SMILES string of the molecule is CN(C)CCOc1cc2c(cc1Br)CCN2C(=O)Nc1cccc2c(-c3ccncc3)cccc12. The molecule has 0 saturated heterocycles. The van der Waals surface area contributed by atoms with E-state index in [0.717, 1.165) is 62.0 Å². The predicted molar refractivity (Wildman–Crippen MR) is 145 cm³/mol. The molecule has 7 heteroatoms. The van der Waals surface area contributed by atoms with Crippen LogP contribution in [0.4, 0.5) is 16.2 Å². The minimum absolute atomic E-state index is 0.146. The Hall–Kier alpha value is -3.42. The first-order chi connectivity index (χ1) is 17.0. The maximum Gasteiger partial charge on any atom is 0.326 e. The van der Waals surface area contributed by atoms with Gasteiger partial charge in [-0.3, -0.25) is 9.88 Å². The highest BCUT2D eigenvalue weighted by atomic mass is 79.9. The molecule has 0 atom stereocenters. The Kier molecular flexibility index (Phi) is 6.70. The normalized spacial score (nSPS) is 12.7. The number of amides is 2. The summed E-state index contributed by atoms with van der Waals surface area (Å²) < 4.78 is 6.89. The molecule has 178 valence electrons. The monoisotopic (exact) mass is 530 g/mol. The highest BCUT2D eigenvalue weighted by Crippen LogP contribution is 2.38. The molecule has 0 unspecified atom stereocenters. The molecule has 35 heavy (non-hydrogen) atoms. The Morgan fingerprint density at radius 2 is 1.86 bits per heavy atom. The molecule has 0 bridgehead atoms. The number of rotatable bonds is 6. The highest BCUT2D eigenvalue weighted by molar-refractivity contribution is 9.10. The molecule has 1 aromatic heterocycles. The fourth-order valence-electron chi connectivity index (χ4n) is 4.43. The van der Waals surface area contributed by atoms with Crippen molar-refractivity contribution in [3.05, 3.63) is 83.1 Å². The van der Waals surface area contributed by atoms with E-state index in [9.17, 15) is 4.79 Å². The van der Waals surface area contributed by atoms with Gasteiger partial charge in [0, 0.05) is 36.9 Å². The first kappa shape index (κ1) is 23.3. The van der Waals surface area contributed by atoms with E-state index in [2.05, 4.69) is 49.3 Å². The lowest BCUT2D eigenvalue weighted by atomic mass is 9.98. The molecule has 0 saturated carbocycles. The standard InChI is InChI=1S/C28H27BrN4O2/c1-32(2)15-16-35-27-18-26-20(17-24(27)29)11-14-33(26)28(34)31-25-8-4-6-22-21(5-3-7-23(22)25)19-9-12-30-13-10-19/h3-10,12-13,17-18H,11,14-16H2,1-2H3,(H,31,34). The van der Waals surface area contributed by atoms with Gasteiger partial charge >= 0.3 is 6.03 Å². The second kappa shape index (κ2) is 10.1. The first-order valence-corrected chi connectivity index (χ1v) is 12.4. The smallest absolute Gasteiger partial charge is 0.326 e. The van der Waals surface area contributed by atoms with Crippen LogP contribution in [0.5, 0.6) is 5.75 Å². The van der Waals surface area contributed by atoms with Gasteiger partial charge in [-0.25, -0.2) is 4.79 Å². The molecule has 0 radical (unpaired) electrons. The van der Waals surface area contributed by atoms with Crippen molar-refractivity contribution in [2.24, 2.45) is 0 Å². The number of fused-ring (bicyclic) bond motifs is 2. The minimum atomic E-state index is -0.146. The van der Waals surface area contributed by atoms with Crippen LogP contribution in [0.1, 0.15) is 5.56 Å². The Labute approximate surface area is 213 Å². The zero-order valence-electron chi connectivity index (χ0n) is 19.8. The van der Waals surface area contributed by atoms with Gasteiger partial charge in [0.2, 0.25) is 0 Å². The highest BCUT2D eigenvalue weighted by Gasteiger charge is 2.27. The summed E-state index contributed by atoms with van der Waals surface area (Å²) in [7, 11) is 4.03. The number of carbonyl (C=O) groups is 1. The van der Waals surface area contributed by atoms with Gasteiger partial charge in [-0.1, -0.05) is 30.3 Å². The van der Waals surface area contributed by atoms with Crippen LogP contribution in [0.2, 0.25) is 0 Å². The van der Waals surface area contributed by atoms with Gasteiger partial charge in [0.1, 0.15) is 12.4 Å². The Morgan fingerprint density at radius 3 is 2.66 bits per heavy atom. The molecule has 2 heterocycles. The van der Waals surface area contributed by atoms with Crippen molar-refractivity contribution in [3.63, 3.8) is 0 Å². The third-order valence-electron chi connectivity index (χ3n) is 6.22. The number of hydrogen-bond acceptors (Lipinski definition) is 4. The number of urea groups is 1. The third kappa shape index (κ3) is 4.88. The fraction of sp³-hybridized carbons (Fsp3) is 0.214. The number of carbonyl (C=O) groups excluding carboxylic acids is 1. The van der Waals surface area contributed by atoms with Crippen LogP contribution in [-0.4, -0.2) is 49.7 Å². The molecule has 0 spiro atoms. The van der Waals surface area contributed by atoms with Gasteiger partial charge < -0.3 is 15.0 Å². The molecule has 5 rings (SSSR count). The van der Waals surface area contributed by atoms with Gasteiger partial charge in [-0.2, -0.15) is 0 Å². The summed E-state index contributed by atoms with van der Waals surface area (Å²) in [5.41, 5.74) is 5.01. The number of nitrogens with zero attached hydrogens (tertiary/aromatic N) is 3. The largest absolute Gasteiger partial charge is 0.491 e. The molecular formula is C28H27BrN4O2. The number of nitrogens with one attached hydrogen (secondary N) is 1. The van der Waals surface area contributed by atoms with Gasteiger partial charge in [0.15, 0.2) is 0 Å². The molecule has 1 aliphatic rings. The van der Waals surface area contributed by atoms with Crippen molar-refractivity contribution in [2.75, 3.05) is 44.0 Å². The van der Waals surface area contributed by atoms with Crippen molar-refractivity contribution in [1.29, 1.82) is 0 Å². The number of ether oxygens (including phenoxy) is 1. The number of aromatic nitrogens is 1. The molecule has 0 aliphatic carbocycles. The van der Waals surface area contributed by atoms with Crippen molar-refractivity contribution in [2.45, 2.75) is 6.42 Å². The molecule has 2 amide bonds. The van der Waals surface area contributed by atoms with E-state index in [1.165, 1.54) is 0 Å². The van der Waals surface area contributed by atoms with E-state index in [-0.39, 0.29) is 6.03 Å². The van der Waals surface area contributed by atoms with Crippen LogP contribution in [0.3, 0.4) is 0 Å². The van der Waals surface area contributed by atoms with Crippen LogP contribution < -0.4 is 15.0 Å². The van der Waals surface area contributed by atoms with E-state index in [1.54, 1.807) is 17.3 Å². The predicted octanol–water partition coefficient (Wildman–Crippen LogP) is 6.20. The number of likely N-dealkylation sites (N-methyl/N-ethyl adjacent to an activating group) is 1. The van der Waals surface area contributed by atoms with Crippen LogP contribution in [0.25, 0.3) is 21.9 Å². The van der Waals surface area contributed by atoms with Gasteiger partial charge in [0.05, 0.1) is 15.8 Å². The fourth-order valence-corrected chi connectivity index (χ4v) is 4.94. The summed E-state index contributed by atoms with van der Waals surface area (Å²) in [5, 5.41) is 5.23.